The lowest BCUT2D eigenvalue weighted by Gasteiger charge is -2.15. The van der Waals surface area contributed by atoms with Crippen molar-refractivity contribution in [2.24, 2.45) is 0 Å². The summed E-state index contributed by atoms with van der Waals surface area (Å²) >= 11 is 0. The number of nitrogens with zero attached hydrogens (tertiary/aromatic N) is 2. The van der Waals surface area contributed by atoms with E-state index in [2.05, 4.69) is 11.8 Å². The van der Waals surface area contributed by atoms with Crippen molar-refractivity contribution >= 4 is 23.2 Å². The van der Waals surface area contributed by atoms with E-state index in [-0.39, 0.29) is 24.9 Å². The maximum atomic E-state index is 12.7. The van der Waals surface area contributed by atoms with E-state index in [0.29, 0.717) is 26.1 Å². The number of ether oxygens (including phenoxy) is 2. The highest BCUT2D eigenvalue weighted by atomic mass is 16.5. The Morgan fingerprint density at radius 3 is 1.53 bits per heavy atom. The van der Waals surface area contributed by atoms with E-state index in [1.807, 2.05) is 48.5 Å². The van der Waals surface area contributed by atoms with Gasteiger partial charge in [0, 0.05) is 24.3 Å². The fourth-order valence-corrected chi connectivity index (χ4v) is 4.13. The fraction of sp³-hybridized carbons (Fsp3) is 0.308. The zero-order valence-electron chi connectivity index (χ0n) is 17.7. The summed E-state index contributed by atoms with van der Waals surface area (Å²) in [7, 11) is 0. The third-order valence-corrected chi connectivity index (χ3v) is 5.61. The molecule has 2 aromatic rings. The minimum Gasteiger partial charge on any atom is -0.364 e. The molecule has 0 fully saturated rings. The molecule has 0 bridgehead atoms. The van der Waals surface area contributed by atoms with Crippen molar-refractivity contribution in [3.8, 4) is 24.7 Å². The molecule has 0 aromatic heterocycles. The Labute approximate surface area is 188 Å². The average molecular weight is 428 g/mol. The third-order valence-electron chi connectivity index (χ3n) is 5.61. The number of unbranched alkanes of at least 4 members (excludes halogenated alkanes) is 1. The summed E-state index contributed by atoms with van der Waals surface area (Å²) < 4.78 is 11.8. The second kappa shape index (κ2) is 9.70. The van der Waals surface area contributed by atoms with Gasteiger partial charge in [-0.05, 0) is 25.0 Å². The first-order chi connectivity index (χ1) is 15.7. The molecule has 0 spiro atoms. The van der Waals surface area contributed by atoms with Gasteiger partial charge in [-0.15, -0.1) is 12.8 Å². The van der Waals surface area contributed by atoms with Gasteiger partial charge in [0.05, 0.1) is 24.5 Å². The molecule has 0 aliphatic carbocycles. The second-order valence-electron chi connectivity index (χ2n) is 7.58. The van der Waals surface area contributed by atoms with Gasteiger partial charge in [0.1, 0.15) is 0 Å². The van der Waals surface area contributed by atoms with Crippen LogP contribution in [0.1, 0.15) is 36.2 Å². The molecule has 32 heavy (non-hydrogen) atoms. The molecule has 162 valence electrons. The number of anilines is 2. The van der Waals surface area contributed by atoms with Gasteiger partial charge in [0.15, 0.2) is 12.2 Å². The third kappa shape index (κ3) is 3.99. The summed E-state index contributed by atoms with van der Waals surface area (Å²) in [5.41, 5.74) is 3.29. The molecule has 0 saturated heterocycles. The Bertz CT molecular complexity index is 1010. The maximum Gasteiger partial charge on any atom is 0.261 e. The van der Waals surface area contributed by atoms with Crippen LogP contribution in [0.3, 0.4) is 0 Å². The van der Waals surface area contributed by atoms with Crippen molar-refractivity contribution in [3.05, 3.63) is 59.7 Å². The number of hydrogen-bond donors (Lipinski definition) is 0. The number of benzene rings is 2. The Morgan fingerprint density at radius 2 is 1.12 bits per heavy atom. The predicted octanol–water partition coefficient (Wildman–Crippen LogP) is 3.24. The highest BCUT2D eigenvalue weighted by Crippen LogP contribution is 2.39. The summed E-state index contributed by atoms with van der Waals surface area (Å²) in [5.74, 6) is 4.78. The summed E-state index contributed by atoms with van der Waals surface area (Å²) in [4.78, 5) is 28.6. The van der Waals surface area contributed by atoms with Crippen molar-refractivity contribution < 1.29 is 19.1 Å². The van der Waals surface area contributed by atoms with Crippen LogP contribution in [-0.4, -0.2) is 38.1 Å². The van der Waals surface area contributed by atoms with Crippen LogP contribution >= 0.6 is 0 Å². The topological polar surface area (TPSA) is 59.1 Å². The monoisotopic (exact) mass is 428 g/mol. The minimum absolute atomic E-state index is 0.137. The molecule has 2 aliphatic rings. The summed E-state index contributed by atoms with van der Waals surface area (Å²) in [6, 6.07) is 15.1. The first-order valence-electron chi connectivity index (χ1n) is 10.6. The van der Waals surface area contributed by atoms with Crippen LogP contribution in [0.4, 0.5) is 11.4 Å². The normalized spacial score (nSPS) is 18.9. The fourth-order valence-electron chi connectivity index (χ4n) is 4.13. The van der Waals surface area contributed by atoms with Crippen LogP contribution in [0.15, 0.2) is 48.5 Å². The number of amides is 2. The van der Waals surface area contributed by atoms with Gasteiger partial charge in [-0.2, -0.15) is 0 Å². The zero-order chi connectivity index (χ0) is 22.5. The Kier molecular flexibility index (Phi) is 6.56. The number of carbonyl (C=O) groups excluding carboxylic acids is 2. The van der Waals surface area contributed by atoms with Gasteiger partial charge in [-0.1, -0.05) is 48.2 Å². The SMILES string of the molecule is C#CCN1C(=O)C(OCCCCOC2C(=O)N(CC#C)c3ccccc32)c2ccccc21. The van der Waals surface area contributed by atoms with Crippen LogP contribution in [-0.2, 0) is 19.1 Å². The van der Waals surface area contributed by atoms with Crippen molar-refractivity contribution in [3.63, 3.8) is 0 Å². The summed E-state index contributed by atoms with van der Waals surface area (Å²) in [5, 5.41) is 0. The van der Waals surface area contributed by atoms with Gasteiger partial charge in [0.2, 0.25) is 0 Å². The van der Waals surface area contributed by atoms with Crippen LogP contribution in [0.25, 0.3) is 0 Å². The number of hydrogen-bond acceptors (Lipinski definition) is 4. The molecule has 2 aliphatic heterocycles. The molecular formula is C26H24N2O4. The van der Waals surface area contributed by atoms with Gasteiger partial charge < -0.3 is 9.47 Å². The average Bonchev–Trinajstić information content (AvgIpc) is 3.23. The summed E-state index contributed by atoms with van der Waals surface area (Å²) in [6.45, 7) is 1.24. The first kappa shape index (κ1) is 21.6. The first-order valence-corrected chi connectivity index (χ1v) is 10.6. The van der Waals surface area contributed by atoms with Gasteiger partial charge >= 0.3 is 0 Å². The van der Waals surface area contributed by atoms with Crippen molar-refractivity contribution in [1.29, 1.82) is 0 Å². The lowest BCUT2D eigenvalue weighted by atomic mass is 10.1. The molecule has 2 unspecified atom stereocenters. The quantitative estimate of drug-likeness (QED) is 0.455. The highest BCUT2D eigenvalue weighted by Gasteiger charge is 2.38. The molecule has 2 amide bonds. The number of terminal acetylenes is 2. The summed E-state index contributed by atoms with van der Waals surface area (Å²) in [6.07, 6.45) is 10.9. The van der Waals surface area contributed by atoms with E-state index in [0.717, 1.165) is 22.5 Å². The van der Waals surface area contributed by atoms with Crippen LogP contribution in [0.5, 0.6) is 0 Å². The van der Waals surface area contributed by atoms with Crippen molar-refractivity contribution in [2.45, 2.75) is 25.0 Å². The number of fused-ring (bicyclic) bond motifs is 2. The molecule has 2 heterocycles. The van der Waals surface area contributed by atoms with E-state index in [1.165, 1.54) is 0 Å². The Balaban J connectivity index is 1.27. The molecule has 0 radical (unpaired) electrons. The minimum atomic E-state index is -0.638. The molecular weight excluding hydrogens is 404 g/mol. The van der Waals surface area contributed by atoms with Crippen LogP contribution in [0.2, 0.25) is 0 Å². The van der Waals surface area contributed by atoms with E-state index >= 15 is 0 Å². The molecule has 2 aromatic carbocycles. The second-order valence-corrected chi connectivity index (χ2v) is 7.58. The highest BCUT2D eigenvalue weighted by molar-refractivity contribution is 6.05. The lowest BCUT2D eigenvalue weighted by molar-refractivity contribution is -0.130. The molecule has 6 nitrogen and oxygen atoms in total. The zero-order valence-corrected chi connectivity index (χ0v) is 17.7. The molecule has 0 N–H and O–H groups in total. The largest absolute Gasteiger partial charge is 0.364 e. The van der Waals surface area contributed by atoms with Crippen molar-refractivity contribution in [2.75, 3.05) is 36.1 Å². The molecule has 0 saturated carbocycles. The Morgan fingerprint density at radius 1 is 0.719 bits per heavy atom. The van der Waals surface area contributed by atoms with Gasteiger partial charge in [-0.3, -0.25) is 19.4 Å². The van der Waals surface area contributed by atoms with Crippen molar-refractivity contribution in [1.82, 2.24) is 0 Å². The lowest BCUT2D eigenvalue weighted by Crippen LogP contribution is -2.30. The van der Waals surface area contributed by atoms with E-state index in [4.69, 9.17) is 22.3 Å². The standard InChI is InChI=1S/C26H24N2O4/c1-3-15-27-21-13-7-5-11-19(21)23(25(27)29)31-17-9-10-18-32-24-20-12-6-8-14-22(20)28(16-4-2)26(24)30/h1-2,5-8,11-14,23-24H,9-10,15-18H2. The van der Waals surface area contributed by atoms with Gasteiger partial charge in [0.25, 0.3) is 11.8 Å². The predicted molar refractivity (Wildman–Crippen MR) is 122 cm³/mol. The maximum absolute atomic E-state index is 12.7. The molecule has 4 rings (SSSR count). The number of rotatable bonds is 9. The van der Waals surface area contributed by atoms with Crippen LogP contribution in [0, 0.1) is 24.7 Å². The molecule has 2 atom stereocenters. The Hall–Kier alpha value is -3.58. The number of para-hydroxylation sites is 2. The smallest absolute Gasteiger partial charge is 0.261 e. The molecule has 6 heteroatoms. The van der Waals surface area contributed by atoms with Gasteiger partial charge in [-0.25, -0.2) is 0 Å². The van der Waals surface area contributed by atoms with E-state index in [9.17, 15) is 9.59 Å². The van der Waals surface area contributed by atoms with E-state index < -0.39 is 12.2 Å². The van der Waals surface area contributed by atoms with Crippen LogP contribution < -0.4 is 9.80 Å². The van der Waals surface area contributed by atoms with E-state index in [1.54, 1.807) is 9.80 Å². The number of carbonyl (C=O) groups is 2.